The summed E-state index contributed by atoms with van der Waals surface area (Å²) >= 11 is 0. The zero-order valence-electron chi connectivity index (χ0n) is 18.0. The zero-order valence-corrected chi connectivity index (χ0v) is 18.0. The second-order valence-corrected chi connectivity index (χ2v) is 8.02. The molecule has 0 bridgehead atoms. The van der Waals surface area contributed by atoms with Crippen LogP contribution in [0, 0.1) is 69.8 Å². The van der Waals surface area contributed by atoms with Crippen LogP contribution in [0.5, 0.6) is 0 Å². The van der Waals surface area contributed by atoms with Gasteiger partial charge in [-0.2, -0.15) is 0 Å². The van der Waals surface area contributed by atoms with Gasteiger partial charge in [0.05, 0.1) is 5.56 Å². The van der Waals surface area contributed by atoms with Crippen LogP contribution < -0.4 is 0 Å². The molecule has 0 saturated heterocycles. The predicted molar refractivity (Wildman–Crippen MR) is 112 cm³/mol. The van der Waals surface area contributed by atoms with Gasteiger partial charge in [0.25, 0.3) is 0 Å². The molecule has 0 saturated carbocycles. The molecule has 5 aromatic rings. The van der Waals surface area contributed by atoms with E-state index in [4.69, 9.17) is 0 Å². The maximum atomic E-state index is 15.3. The van der Waals surface area contributed by atoms with E-state index in [1.807, 2.05) is 0 Å². The van der Waals surface area contributed by atoms with Crippen molar-refractivity contribution in [2.24, 2.45) is 0 Å². The van der Waals surface area contributed by atoms with E-state index in [1.54, 1.807) is 0 Å². The van der Waals surface area contributed by atoms with Crippen LogP contribution in [0.25, 0.3) is 43.8 Å². The van der Waals surface area contributed by atoms with E-state index < -0.39 is 114 Å². The van der Waals surface area contributed by atoms with Gasteiger partial charge in [0.2, 0.25) is 0 Å². The van der Waals surface area contributed by atoms with Crippen LogP contribution in [0.2, 0.25) is 0 Å². The van der Waals surface area contributed by atoms with E-state index in [2.05, 4.69) is 0 Å². The second kappa shape index (κ2) is 8.67. The molecule has 0 radical (unpaired) electrons. The highest BCUT2D eigenvalue weighted by Gasteiger charge is 2.33. The minimum Gasteiger partial charge on any atom is -0.206 e. The fourth-order valence-corrected chi connectivity index (χ4v) is 4.39. The van der Waals surface area contributed by atoms with E-state index in [0.29, 0.717) is 6.07 Å². The average Bonchev–Trinajstić information content (AvgIpc) is 2.87. The Morgan fingerprint density at radius 3 is 1.34 bits per heavy atom. The van der Waals surface area contributed by atoms with Crippen molar-refractivity contribution in [2.75, 3.05) is 0 Å². The van der Waals surface area contributed by atoms with Crippen LogP contribution in [-0.4, -0.2) is 0 Å². The molecular weight excluding hydrogens is 540 g/mol. The molecule has 0 unspecified atom stereocenters. The van der Waals surface area contributed by atoms with Crippen LogP contribution in [0.3, 0.4) is 0 Å². The first-order valence-electron chi connectivity index (χ1n) is 10.2. The van der Waals surface area contributed by atoms with Crippen molar-refractivity contribution in [3.8, 4) is 22.3 Å². The Labute approximate surface area is 203 Å². The molecule has 0 aliphatic carbocycles. The van der Waals surface area contributed by atoms with E-state index in [-0.39, 0.29) is 18.2 Å². The molecule has 0 nitrogen and oxygen atoms in total. The Balaban J connectivity index is 2.20. The number of rotatable bonds is 2. The highest BCUT2D eigenvalue weighted by Crippen LogP contribution is 2.49. The first-order valence-corrected chi connectivity index (χ1v) is 10.2. The van der Waals surface area contributed by atoms with Crippen LogP contribution in [-0.2, 0) is 0 Å². The quantitative estimate of drug-likeness (QED) is 0.0898. The lowest BCUT2D eigenvalue weighted by Gasteiger charge is -2.20. The smallest absolute Gasteiger partial charge is 0.198 e. The molecule has 194 valence electrons. The van der Waals surface area contributed by atoms with Crippen molar-refractivity contribution in [2.45, 2.75) is 0 Å². The van der Waals surface area contributed by atoms with Crippen molar-refractivity contribution in [3.05, 3.63) is 106 Å². The van der Waals surface area contributed by atoms with Gasteiger partial charge in [-0.1, -0.05) is 12.1 Å². The van der Waals surface area contributed by atoms with Gasteiger partial charge in [-0.25, -0.2) is 52.7 Å². The molecule has 0 N–H and O–H groups in total. The summed E-state index contributed by atoms with van der Waals surface area (Å²) in [4.78, 5) is 0. The molecule has 0 amide bonds. The third-order valence-corrected chi connectivity index (χ3v) is 5.93. The lowest BCUT2D eigenvalue weighted by atomic mass is 9.84. The molecule has 0 aliphatic heterocycles. The molecule has 0 fully saturated rings. The minimum atomic E-state index is -2.54. The molecule has 0 aliphatic rings. The Bertz CT molecular complexity index is 1790. The van der Waals surface area contributed by atoms with Crippen LogP contribution in [0.15, 0.2) is 36.4 Å². The molecular formula is C26H6F12. The van der Waals surface area contributed by atoms with Gasteiger partial charge in [-0.3, -0.25) is 0 Å². The number of halogens is 12. The van der Waals surface area contributed by atoms with Crippen LogP contribution >= 0.6 is 0 Å². The Kier molecular flexibility index (Phi) is 5.80. The minimum absolute atomic E-state index is 0.195. The molecule has 38 heavy (non-hydrogen) atoms. The summed E-state index contributed by atoms with van der Waals surface area (Å²) in [5.41, 5.74) is -5.09. The first kappa shape index (κ1) is 25.4. The highest BCUT2D eigenvalue weighted by molar-refractivity contribution is 6.22. The number of benzene rings is 5. The first-order chi connectivity index (χ1) is 17.9. The van der Waals surface area contributed by atoms with E-state index in [0.717, 1.165) is 12.1 Å². The third-order valence-electron chi connectivity index (χ3n) is 5.93. The van der Waals surface area contributed by atoms with Crippen molar-refractivity contribution >= 4 is 21.5 Å². The molecule has 5 rings (SSSR count). The van der Waals surface area contributed by atoms with E-state index in [9.17, 15) is 39.5 Å². The second-order valence-electron chi connectivity index (χ2n) is 8.02. The molecule has 0 spiro atoms. The maximum Gasteiger partial charge on any atom is 0.198 e. The summed E-state index contributed by atoms with van der Waals surface area (Å²) in [6, 6.07) is 2.44. The van der Waals surface area contributed by atoms with Crippen molar-refractivity contribution < 1.29 is 52.7 Å². The summed E-state index contributed by atoms with van der Waals surface area (Å²) in [5.74, 6) is -25.4. The van der Waals surface area contributed by atoms with Gasteiger partial charge in [0.1, 0.15) is 5.82 Å². The average molecular weight is 546 g/mol. The fraction of sp³-hybridized carbons (Fsp3) is 0. The van der Waals surface area contributed by atoms with Gasteiger partial charge < -0.3 is 0 Å². The Morgan fingerprint density at radius 2 is 0.816 bits per heavy atom. The fourth-order valence-electron chi connectivity index (χ4n) is 4.39. The van der Waals surface area contributed by atoms with E-state index in [1.165, 1.54) is 0 Å². The summed E-state index contributed by atoms with van der Waals surface area (Å²) in [6.07, 6.45) is 0. The van der Waals surface area contributed by atoms with Crippen LogP contribution in [0.4, 0.5) is 52.7 Å². The Morgan fingerprint density at radius 1 is 0.342 bits per heavy atom. The molecule has 5 aromatic carbocycles. The topological polar surface area (TPSA) is 0 Å². The van der Waals surface area contributed by atoms with Gasteiger partial charge in [-0.15, -0.1) is 0 Å². The number of hydrogen-bond donors (Lipinski definition) is 0. The normalized spacial score (nSPS) is 11.7. The molecule has 0 atom stereocenters. The zero-order chi connectivity index (χ0) is 27.8. The van der Waals surface area contributed by atoms with Gasteiger partial charge in [0.15, 0.2) is 64.0 Å². The number of hydrogen-bond acceptors (Lipinski definition) is 0. The number of fused-ring (bicyclic) bond motifs is 2. The van der Waals surface area contributed by atoms with Crippen molar-refractivity contribution in [1.82, 2.24) is 0 Å². The molecule has 12 heteroatoms. The lowest BCUT2D eigenvalue weighted by Crippen LogP contribution is -2.06. The lowest BCUT2D eigenvalue weighted by molar-refractivity contribution is 0.418. The highest BCUT2D eigenvalue weighted by atomic mass is 19.2. The van der Waals surface area contributed by atoms with E-state index >= 15 is 13.2 Å². The van der Waals surface area contributed by atoms with Crippen molar-refractivity contribution in [1.29, 1.82) is 0 Å². The maximum absolute atomic E-state index is 15.3. The molecule has 0 aromatic heterocycles. The monoisotopic (exact) mass is 546 g/mol. The summed E-state index contributed by atoms with van der Waals surface area (Å²) in [6.45, 7) is 0. The predicted octanol–water partition coefficient (Wildman–Crippen LogP) is 9.00. The van der Waals surface area contributed by atoms with Crippen LogP contribution in [0.1, 0.15) is 0 Å². The van der Waals surface area contributed by atoms with Gasteiger partial charge >= 0.3 is 0 Å². The summed E-state index contributed by atoms with van der Waals surface area (Å²) < 4.78 is 174. The molecule has 0 heterocycles. The summed E-state index contributed by atoms with van der Waals surface area (Å²) in [5, 5.41) is -4.93. The third kappa shape index (κ3) is 3.42. The van der Waals surface area contributed by atoms with Gasteiger partial charge in [-0.05, 0) is 29.1 Å². The largest absolute Gasteiger partial charge is 0.206 e. The SMILES string of the molecule is Fc1cc(-c2c3c(F)cccc3c(-c3c(F)c(F)cc(F)c3F)c3c(F)c(F)c(F)c(F)c23)cc(F)c1F. The van der Waals surface area contributed by atoms with Gasteiger partial charge in [0, 0.05) is 33.4 Å². The Hall–Kier alpha value is -4.22. The standard InChI is InChI=1S/C26H6F12/c27-9-3-1-2-8-15(9)14(7-4-10(28)20(32)11(29)5-7)17-18(24(36)26(38)25(37)23(17)35)16(8)19-21(33)12(30)6-13(31)22(19)34/h1-6H. The van der Waals surface area contributed by atoms with Crippen molar-refractivity contribution in [3.63, 3.8) is 0 Å². The summed E-state index contributed by atoms with van der Waals surface area (Å²) in [7, 11) is 0.